The highest BCUT2D eigenvalue weighted by Gasteiger charge is 2.30. The predicted octanol–water partition coefficient (Wildman–Crippen LogP) is 4.40. The average molecular weight is 675 g/mol. The quantitative estimate of drug-likeness (QED) is 0.258. The number of nitrogens with zero attached hydrogens (tertiary/aromatic N) is 6. The van der Waals surface area contributed by atoms with Crippen LogP contribution < -0.4 is 21.9 Å². The van der Waals surface area contributed by atoms with Crippen LogP contribution in [-0.2, 0) is 9.53 Å². The van der Waals surface area contributed by atoms with Crippen LogP contribution in [0.25, 0.3) is 33.5 Å². The lowest BCUT2D eigenvalue weighted by atomic mass is 9.92. The molecular formula is C38H42N8O4. The number of ether oxygens (including phenoxy) is 1. The number of carbonyl (C=O) groups excluding carboxylic acids is 2. The number of nitrogens with two attached hydrogens (primary N) is 2. The minimum absolute atomic E-state index is 0.0310. The summed E-state index contributed by atoms with van der Waals surface area (Å²) in [6, 6.07) is 19.2. The summed E-state index contributed by atoms with van der Waals surface area (Å²) in [7, 11) is 0. The molecule has 7 rings (SSSR count). The first-order chi connectivity index (χ1) is 24.2. The van der Waals surface area contributed by atoms with E-state index in [0.717, 1.165) is 35.3 Å². The Balaban J connectivity index is 1.33. The third-order valence-corrected chi connectivity index (χ3v) is 9.98. The highest BCUT2D eigenvalue weighted by atomic mass is 16.5. The van der Waals surface area contributed by atoms with E-state index in [0.29, 0.717) is 73.2 Å². The van der Waals surface area contributed by atoms with Crippen molar-refractivity contribution >= 4 is 28.8 Å². The number of hydrogen-bond donors (Lipinski definition) is 2. The molecule has 2 aromatic carbocycles. The number of para-hydroxylation sites is 1. The number of rotatable bonds is 7. The van der Waals surface area contributed by atoms with Gasteiger partial charge in [0.2, 0.25) is 5.91 Å². The Morgan fingerprint density at radius 3 is 2.24 bits per heavy atom. The van der Waals surface area contributed by atoms with Gasteiger partial charge in [-0.25, -0.2) is 9.50 Å². The summed E-state index contributed by atoms with van der Waals surface area (Å²) in [6.07, 6.45) is 3.11. The highest BCUT2D eigenvalue weighted by molar-refractivity contribution is 6.04. The number of carbonyl (C=O) groups is 2. The molecule has 12 nitrogen and oxygen atoms in total. The van der Waals surface area contributed by atoms with E-state index in [1.54, 1.807) is 4.57 Å². The maximum atomic E-state index is 14.1. The van der Waals surface area contributed by atoms with Crippen molar-refractivity contribution in [2.24, 2.45) is 11.7 Å². The first kappa shape index (κ1) is 33.0. The number of pyridine rings is 1. The number of amides is 2. The Hall–Kier alpha value is -5.49. The van der Waals surface area contributed by atoms with Gasteiger partial charge in [-0.1, -0.05) is 56.3 Å². The van der Waals surface area contributed by atoms with E-state index in [1.165, 1.54) is 6.33 Å². The van der Waals surface area contributed by atoms with Crippen molar-refractivity contribution in [3.05, 3.63) is 94.3 Å². The molecule has 2 aliphatic heterocycles. The van der Waals surface area contributed by atoms with E-state index in [2.05, 4.69) is 21.0 Å². The number of fused-ring (bicyclic) bond motifs is 1. The molecule has 0 atom stereocenters. The standard InChI is InChI=1S/C38H42N8O4/c1-23(2)37(48)44-15-13-26(14-16-44)30-21-29(34-35(39)41-22-42-46(30)34)25-9-11-27(12-10-25)31-32(36(40)47)38(49)45(28-7-5-4-6-8-28)24(3)33(31)43-17-19-50-20-18-43/h4-12,21-23,26H,13-20H2,1-3H3,(H2,40,47)(H2,39,41,42). The topological polar surface area (TPSA) is 154 Å². The van der Waals surface area contributed by atoms with Crippen molar-refractivity contribution in [1.29, 1.82) is 0 Å². The van der Waals surface area contributed by atoms with Crippen LogP contribution in [0.2, 0.25) is 0 Å². The lowest BCUT2D eigenvalue weighted by Gasteiger charge is -2.33. The summed E-state index contributed by atoms with van der Waals surface area (Å²) in [6.45, 7) is 9.40. The molecule has 258 valence electrons. The van der Waals surface area contributed by atoms with E-state index in [1.807, 2.05) is 84.8 Å². The van der Waals surface area contributed by atoms with Gasteiger partial charge in [-0.15, -0.1) is 0 Å². The molecule has 2 saturated heterocycles. The lowest BCUT2D eigenvalue weighted by Crippen LogP contribution is -2.40. The fourth-order valence-corrected chi connectivity index (χ4v) is 7.53. The van der Waals surface area contributed by atoms with E-state index in [9.17, 15) is 14.4 Å². The summed E-state index contributed by atoms with van der Waals surface area (Å²) in [5.74, 6) is -0.0867. The lowest BCUT2D eigenvalue weighted by molar-refractivity contribution is -0.135. The monoisotopic (exact) mass is 674 g/mol. The van der Waals surface area contributed by atoms with Crippen molar-refractivity contribution in [2.75, 3.05) is 50.0 Å². The second-order valence-corrected chi connectivity index (χ2v) is 13.3. The normalized spacial score (nSPS) is 15.6. The Morgan fingerprint density at radius 1 is 0.940 bits per heavy atom. The van der Waals surface area contributed by atoms with Gasteiger partial charge in [-0.2, -0.15) is 5.10 Å². The van der Waals surface area contributed by atoms with Gasteiger partial charge < -0.3 is 26.0 Å². The van der Waals surface area contributed by atoms with Crippen LogP contribution in [-0.4, -0.2) is 75.3 Å². The zero-order valence-corrected chi connectivity index (χ0v) is 28.6. The van der Waals surface area contributed by atoms with Crippen molar-refractivity contribution in [1.82, 2.24) is 24.1 Å². The fraction of sp³-hybridized carbons (Fsp3) is 0.342. The molecule has 5 heterocycles. The number of piperidine rings is 1. The molecule has 2 amide bonds. The van der Waals surface area contributed by atoms with Gasteiger partial charge in [0.05, 0.1) is 18.9 Å². The van der Waals surface area contributed by atoms with Crippen LogP contribution >= 0.6 is 0 Å². The molecule has 50 heavy (non-hydrogen) atoms. The Labute approximate surface area is 290 Å². The number of hydrogen-bond acceptors (Lipinski definition) is 8. The van der Waals surface area contributed by atoms with Crippen LogP contribution in [0, 0.1) is 12.8 Å². The molecule has 4 N–H and O–H groups in total. The number of likely N-dealkylation sites (tertiary alicyclic amines) is 1. The van der Waals surface area contributed by atoms with E-state index < -0.39 is 11.5 Å². The molecular weight excluding hydrogens is 632 g/mol. The van der Waals surface area contributed by atoms with Crippen LogP contribution in [0.4, 0.5) is 11.5 Å². The second-order valence-electron chi connectivity index (χ2n) is 13.3. The molecule has 2 aliphatic rings. The summed E-state index contributed by atoms with van der Waals surface area (Å²) >= 11 is 0. The first-order valence-corrected chi connectivity index (χ1v) is 17.1. The van der Waals surface area contributed by atoms with E-state index in [4.69, 9.17) is 16.2 Å². The molecule has 2 fully saturated rings. The van der Waals surface area contributed by atoms with Gasteiger partial charge >= 0.3 is 0 Å². The molecule has 0 spiro atoms. The number of aromatic nitrogens is 4. The predicted molar refractivity (Wildman–Crippen MR) is 194 cm³/mol. The maximum Gasteiger partial charge on any atom is 0.268 e. The number of morpholine rings is 1. The van der Waals surface area contributed by atoms with Crippen molar-refractivity contribution in [3.8, 4) is 27.9 Å². The van der Waals surface area contributed by atoms with Gasteiger partial charge in [0.15, 0.2) is 5.82 Å². The molecule has 0 radical (unpaired) electrons. The maximum absolute atomic E-state index is 14.1. The fourth-order valence-electron chi connectivity index (χ4n) is 7.53. The van der Waals surface area contributed by atoms with Gasteiger partial charge in [-0.05, 0) is 49.1 Å². The number of primary amides is 1. The molecule has 3 aromatic heterocycles. The summed E-state index contributed by atoms with van der Waals surface area (Å²) in [5.41, 5.74) is 18.8. The summed E-state index contributed by atoms with van der Waals surface area (Å²) in [4.78, 5) is 48.4. The minimum Gasteiger partial charge on any atom is -0.382 e. The summed E-state index contributed by atoms with van der Waals surface area (Å²) in [5, 5.41) is 4.60. The third kappa shape index (κ3) is 5.79. The molecule has 0 bridgehead atoms. The number of benzene rings is 2. The minimum atomic E-state index is -0.789. The average Bonchev–Trinajstić information content (AvgIpc) is 3.53. The van der Waals surface area contributed by atoms with E-state index in [-0.39, 0.29) is 23.3 Å². The van der Waals surface area contributed by atoms with Crippen LogP contribution in [0.3, 0.4) is 0 Å². The largest absolute Gasteiger partial charge is 0.382 e. The van der Waals surface area contributed by atoms with Crippen LogP contribution in [0.15, 0.2) is 71.8 Å². The molecule has 12 heteroatoms. The zero-order valence-electron chi connectivity index (χ0n) is 28.6. The van der Waals surface area contributed by atoms with Crippen molar-refractivity contribution in [3.63, 3.8) is 0 Å². The van der Waals surface area contributed by atoms with Gasteiger partial charge in [0.25, 0.3) is 11.5 Å². The Morgan fingerprint density at radius 2 is 1.60 bits per heavy atom. The molecule has 5 aromatic rings. The second kappa shape index (κ2) is 13.4. The molecule has 0 unspecified atom stereocenters. The van der Waals surface area contributed by atoms with Crippen LogP contribution in [0.5, 0.6) is 0 Å². The Kier molecular flexibility index (Phi) is 8.87. The van der Waals surface area contributed by atoms with Crippen LogP contribution in [0.1, 0.15) is 54.4 Å². The smallest absolute Gasteiger partial charge is 0.268 e. The zero-order chi connectivity index (χ0) is 35.1. The first-order valence-electron chi connectivity index (χ1n) is 17.1. The molecule has 0 saturated carbocycles. The van der Waals surface area contributed by atoms with Gasteiger partial charge in [-0.3, -0.25) is 19.0 Å². The third-order valence-electron chi connectivity index (χ3n) is 9.98. The van der Waals surface area contributed by atoms with Crippen molar-refractivity contribution < 1.29 is 14.3 Å². The SMILES string of the molecule is Cc1c(N2CCOCC2)c(-c2ccc(-c3cc(C4CCN(C(=O)C(C)C)CC4)n4ncnc(N)c34)cc2)c(C(N)=O)c(=O)n1-c1ccccc1. The van der Waals surface area contributed by atoms with Gasteiger partial charge in [0.1, 0.15) is 17.4 Å². The number of nitrogen functional groups attached to an aromatic ring is 1. The highest BCUT2D eigenvalue weighted by Crippen LogP contribution is 2.40. The summed E-state index contributed by atoms with van der Waals surface area (Å²) < 4.78 is 9.11. The molecule has 0 aliphatic carbocycles. The Bertz CT molecular complexity index is 2120. The van der Waals surface area contributed by atoms with E-state index >= 15 is 0 Å². The number of anilines is 2. The van der Waals surface area contributed by atoms with Gasteiger partial charge in [0, 0.05) is 66.2 Å². The van der Waals surface area contributed by atoms with Crippen molar-refractivity contribution in [2.45, 2.75) is 39.5 Å².